The SMILES string of the molecule is CCCCCCCCCCCC(=O)OC[C@H]1O[C@@H](O[C@H]2[C@H](O)[C@@H](O)C(O)O[C@@H]2CO)[C@H](O)[C@@H](O)[C@H]1O. The number of ether oxygens (including phenoxy) is 4. The number of rotatable bonds is 15. The molecule has 0 aromatic carbocycles. The predicted octanol–water partition coefficient (Wildman–Crippen LogP) is -0.925. The minimum absolute atomic E-state index is 0.202. The van der Waals surface area contributed by atoms with E-state index >= 15 is 0 Å². The van der Waals surface area contributed by atoms with Gasteiger partial charge in [-0.15, -0.1) is 0 Å². The van der Waals surface area contributed by atoms with Gasteiger partial charge in [0.25, 0.3) is 0 Å². The summed E-state index contributed by atoms with van der Waals surface area (Å²) < 4.78 is 21.1. The smallest absolute Gasteiger partial charge is 0.305 e. The lowest BCUT2D eigenvalue weighted by atomic mass is 9.97. The fourth-order valence-corrected chi connectivity index (χ4v) is 4.38. The first kappa shape index (κ1) is 31.3. The molecule has 7 N–H and O–H groups in total. The van der Waals surface area contributed by atoms with Gasteiger partial charge < -0.3 is 54.7 Å². The number of aliphatic hydroxyl groups is 7. The highest BCUT2D eigenvalue weighted by atomic mass is 16.7. The molecule has 1 unspecified atom stereocenters. The van der Waals surface area contributed by atoms with Gasteiger partial charge in [-0.1, -0.05) is 58.3 Å². The number of carbonyl (C=O) groups is 1. The fraction of sp³-hybridized carbons (Fsp3) is 0.958. The van der Waals surface area contributed by atoms with Gasteiger partial charge in [-0.2, -0.15) is 0 Å². The molecule has 2 heterocycles. The molecule has 0 bridgehead atoms. The Labute approximate surface area is 211 Å². The van der Waals surface area contributed by atoms with Crippen molar-refractivity contribution < 1.29 is 59.5 Å². The van der Waals surface area contributed by atoms with Crippen molar-refractivity contribution in [3.8, 4) is 0 Å². The van der Waals surface area contributed by atoms with E-state index in [1.165, 1.54) is 32.1 Å². The second-order valence-electron chi connectivity index (χ2n) is 9.61. The van der Waals surface area contributed by atoms with Crippen molar-refractivity contribution >= 4 is 5.97 Å². The molecule has 12 nitrogen and oxygen atoms in total. The summed E-state index contributed by atoms with van der Waals surface area (Å²) in [5.74, 6) is -0.486. The summed E-state index contributed by atoms with van der Waals surface area (Å²) in [6.07, 6.45) is -5.75. The summed E-state index contributed by atoms with van der Waals surface area (Å²) in [5, 5.41) is 69.9. The van der Waals surface area contributed by atoms with Crippen LogP contribution in [-0.2, 0) is 23.7 Å². The Morgan fingerprint density at radius 2 is 1.33 bits per heavy atom. The molecule has 36 heavy (non-hydrogen) atoms. The molecule has 0 aromatic heterocycles. The van der Waals surface area contributed by atoms with Crippen LogP contribution in [0.1, 0.15) is 71.1 Å². The third kappa shape index (κ3) is 9.12. The summed E-state index contributed by atoms with van der Waals surface area (Å²) >= 11 is 0. The molecule has 212 valence electrons. The average molecular weight is 525 g/mol. The Bertz CT molecular complexity index is 620. The maximum atomic E-state index is 12.1. The molecule has 0 amide bonds. The summed E-state index contributed by atoms with van der Waals surface area (Å²) in [4.78, 5) is 12.1. The predicted molar refractivity (Wildman–Crippen MR) is 124 cm³/mol. The Kier molecular flexibility index (Phi) is 14.0. The maximum absolute atomic E-state index is 12.1. The van der Waals surface area contributed by atoms with Gasteiger partial charge in [0.1, 0.15) is 55.4 Å². The summed E-state index contributed by atoms with van der Waals surface area (Å²) in [7, 11) is 0. The zero-order chi connectivity index (χ0) is 26.7. The van der Waals surface area contributed by atoms with Crippen molar-refractivity contribution in [2.75, 3.05) is 13.2 Å². The van der Waals surface area contributed by atoms with Gasteiger partial charge in [-0.25, -0.2) is 0 Å². The maximum Gasteiger partial charge on any atom is 0.305 e. The summed E-state index contributed by atoms with van der Waals surface area (Å²) in [5.41, 5.74) is 0. The van der Waals surface area contributed by atoms with Gasteiger partial charge in [0.15, 0.2) is 12.6 Å². The Morgan fingerprint density at radius 1 is 0.722 bits per heavy atom. The molecule has 10 atom stereocenters. The minimum Gasteiger partial charge on any atom is -0.463 e. The van der Waals surface area contributed by atoms with Crippen molar-refractivity contribution in [2.45, 2.75) is 133 Å². The highest BCUT2D eigenvalue weighted by Gasteiger charge is 2.50. The molecule has 2 rings (SSSR count). The lowest BCUT2D eigenvalue weighted by Crippen LogP contribution is -2.64. The van der Waals surface area contributed by atoms with Crippen molar-refractivity contribution in [1.29, 1.82) is 0 Å². The van der Waals surface area contributed by atoms with Gasteiger partial charge in [0.05, 0.1) is 6.61 Å². The third-order valence-electron chi connectivity index (χ3n) is 6.69. The highest BCUT2D eigenvalue weighted by molar-refractivity contribution is 5.69. The molecule has 2 saturated heterocycles. The molecular formula is C24H44O12. The largest absolute Gasteiger partial charge is 0.463 e. The van der Waals surface area contributed by atoms with E-state index in [1.807, 2.05) is 0 Å². The lowest BCUT2D eigenvalue weighted by Gasteiger charge is -2.45. The van der Waals surface area contributed by atoms with Gasteiger partial charge in [-0.05, 0) is 6.42 Å². The van der Waals surface area contributed by atoms with E-state index in [-0.39, 0.29) is 6.42 Å². The van der Waals surface area contributed by atoms with Crippen molar-refractivity contribution in [1.82, 2.24) is 0 Å². The van der Waals surface area contributed by atoms with Crippen LogP contribution in [0.25, 0.3) is 0 Å². The highest BCUT2D eigenvalue weighted by Crippen LogP contribution is 2.28. The topological polar surface area (TPSA) is 196 Å². The van der Waals surface area contributed by atoms with Crippen LogP contribution in [0.2, 0.25) is 0 Å². The quantitative estimate of drug-likeness (QED) is 0.103. The zero-order valence-electron chi connectivity index (χ0n) is 20.9. The zero-order valence-corrected chi connectivity index (χ0v) is 20.9. The first-order valence-corrected chi connectivity index (χ1v) is 13.0. The van der Waals surface area contributed by atoms with Crippen LogP contribution in [0.3, 0.4) is 0 Å². The summed E-state index contributed by atoms with van der Waals surface area (Å²) in [6, 6.07) is 0. The molecule has 2 aliphatic heterocycles. The monoisotopic (exact) mass is 524 g/mol. The van der Waals surface area contributed by atoms with Gasteiger partial charge in [-0.3, -0.25) is 4.79 Å². The number of hydrogen-bond donors (Lipinski definition) is 7. The average Bonchev–Trinajstić information content (AvgIpc) is 2.87. The van der Waals surface area contributed by atoms with Crippen LogP contribution < -0.4 is 0 Å². The molecule has 0 radical (unpaired) electrons. The summed E-state index contributed by atoms with van der Waals surface area (Å²) in [6.45, 7) is 1.08. The molecule has 0 aromatic rings. The Balaban J connectivity index is 1.78. The first-order valence-electron chi connectivity index (χ1n) is 13.0. The van der Waals surface area contributed by atoms with E-state index in [4.69, 9.17) is 18.9 Å². The van der Waals surface area contributed by atoms with E-state index in [1.54, 1.807) is 0 Å². The standard InChI is InChI=1S/C24H44O12/c1-2-3-4-5-6-7-8-9-10-11-16(26)33-13-15-17(27)18(28)21(31)24(35-15)36-22-14(12-25)34-23(32)20(30)19(22)29/h14-15,17-25,27-32H,2-13H2,1H3/t14-,15-,17+,18+,19-,20-,21-,22-,23?,24+/m1/s1. The van der Waals surface area contributed by atoms with Crippen LogP contribution in [0.4, 0.5) is 0 Å². The minimum atomic E-state index is -1.76. The third-order valence-corrected chi connectivity index (χ3v) is 6.69. The normalized spacial score (nSPS) is 37.1. The van der Waals surface area contributed by atoms with Crippen LogP contribution >= 0.6 is 0 Å². The van der Waals surface area contributed by atoms with Crippen LogP contribution in [-0.4, -0.2) is 116 Å². The Morgan fingerprint density at radius 3 is 1.94 bits per heavy atom. The number of aliphatic hydroxyl groups excluding tert-OH is 7. The molecule has 2 fully saturated rings. The van der Waals surface area contributed by atoms with E-state index in [0.717, 1.165) is 19.3 Å². The van der Waals surface area contributed by atoms with E-state index in [9.17, 15) is 40.5 Å². The van der Waals surface area contributed by atoms with Gasteiger partial charge >= 0.3 is 5.97 Å². The van der Waals surface area contributed by atoms with Gasteiger partial charge in [0, 0.05) is 6.42 Å². The lowest BCUT2D eigenvalue weighted by molar-refractivity contribution is -0.355. The van der Waals surface area contributed by atoms with Crippen LogP contribution in [0.5, 0.6) is 0 Å². The van der Waals surface area contributed by atoms with Crippen molar-refractivity contribution in [2.24, 2.45) is 0 Å². The second-order valence-corrected chi connectivity index (χ2v) is 9.61. The van der Waals surface area contributed by atoms with E-state index in [0.29, 0.717) is 6.42 Å². The van der Waals surface area contributed by atoms with Crippen molar-refractivity contribution in [3.05, 3.63) is 0 Å². The number of carbonyl (C=O) groups excluding carboxylic acids is 1. The molecule has 2 aliphatic rings. The molecular weight excluding hydrogens is 480 g/mol. The van der Waals surface area contributed by atoms with Crippen molar-refractivity contribution in [3.63, 3.8) is 0 Å². The number of hydrogen-bond acceptors (Lipinski definition) is 12. The number of esters is 1. The molecule has 0 aliphatic carbocycles. The van der Waals surface area contributed by atoms with Crippen LogP contribution in [0, 0.1) is 0 Å². The Hall–Kier alpha value is -0.930. The fourth-order valence-electron chi connectivity index (χ4n) is 4.38. The molecule has 0 spiro atoms. The van der Waals surface area contributed by atoms with E-state index < -0.39 is 80.6 Å². The molecule has 0 saturated carbocycles. The molecule has 12 heteroatoms. The van der Waals surface area contributed by atoms with E-state index in [2.05, 4.69) is 6.92 Å². The second kappa shape index (κ2) is 16.1. The first-order chi connectivity index (χ1) is 17.2. The van der Waals surface area contributed by atoms with Crippen LogP contribution in [0.15, 0.2) is 0 Å². The number of unbranched alkanes of at least 4 members (excludes halogenated alkanes) is 8. The van der Waals surface area contributed by atoms with Gasteiger partial charge in [0.2, 0.25) is 0 Å².